The first-order valence-electron chi connectivity index (χ1n) is 10.5. The molecule has 0 aromatic heterocycles. The van der Waals surface area contributed by atoms with Crippen molar-refractivity contribution in [1.29, 1.82) is 0 Å². The van der Waals surface area contributed by atoms with Crippen LogP contribution in [-0.4, -0.2) is 59.7 Å². The van der Waals surface area contributed by atoms with Crippen molar-refractivity contribution in [2.24, 2.45) is 11.8 Å². The molecule has 0 N–H and O–H groups in total. The lowest BCUT2D eigenvalue weighted by atomic mass is 9.78. The van der Waals surface area contributed by atoms with Crippen molar-refractivity contribution < 1.29 is 14.4 Å². The first-order chi connectivity index (χ1) is 13.5. The molecule has 1 atom stereocenters. The Morgan fingerprint density at radius 1 is 0.893 bits per heavy atom. The van der Waals surface area contributed by atoms with Crippen molar-refractivity contribution in [2.45, 2.75) is 45.1 Å². The Hall–Kier alpha value is -2.21. The van der Waals surface area contributed by atoms with Gasteiger partial charge in [0.15, 0.2) is 0 Å². The zero-order valence-electron chi connectivity index (χ0n) is 16.5. The highest BCUT2D eigenvalue weighted by molar-refractivity contribution is 6.22. The standard InChI is InChI=1S/C22H29N3O3/c1-16(26)23-11-7-17(8-12-23)18-9-13-24(14-10-18)20-15-21(27)25(22(20)28)19-5-3-2-4-6-19/h2-6,17-18,20H,7-15H2,1H3/t20-/m0/s1. The molecule has 4 rings (SSSR count). The zero-order chi connectivity index (χ0) is 19.7. The normalized spacial score (nSPS) is 25.5. The van der Waals surface area contributed by atoms with Gasteiger partial charge in [-0.05, 0) is 62.7 Å². The predicted molar refractivity (Wildman–Crippen MR) is 107 cm³/mol. The van der Waals surface area contributed by atoms with Crippen LogP contribution in [0.25, 0.3) is 0 Å². The Balaban J connectivity index is 1.33. The molecule has 3 aliphatic heterocycles. The van der Waals surface area contributed by atoms with Crippen LogP contribution < -0.4 is 4.90 Å². The number of carbonyl (C=O) groups excluding carboxylic acids is 3. The molecule has 3 fully saturated rings. The first-order valence-corrected chi connectivity index (χ1v) is 10.5. The zero-order valence-corrected chi connectivity index (χ0v) is 16.5. The molecule has 6 nitrogen and oxygen atoms in total. The minimum Gasteiger partial charge on any atom is -0.343 e. The van der Waals surface area contributed by atoms with E-state index in [-0.39, 0.29) is 30.2 Å². The first kappa shape index (κ1) is 19.1. The van der Waals surface area contributed by atoms with E-state index < -0.39 is 0 Å². The van der Waals surface area contributed by atoms with Gasteiger partial charge in [0.1, 0.15) is 0 Å². The average molecular weight is 383 g/mol. The van der Waals surface area contributed by atoms with Gasteiger partial charge in [0.2, 0.25) is 11.8 Å². The molecule has 1 aromatic rings. The van der Waals surface area contributed by atoms with Gasteiger partial charge in [0.05, 0.1) is 18.2 Å². The summed E-state index contributed by atoms with van der Waals surface area (Å²) in [6.07, 6.45) is 4.62. The lowest BCUT2D eigenvalue weighted by Gasteiger charge is -2.41. The number of hydrogen-bond donors (Lipinski definition) is 0. The molecule has 0 saturated carbocycles. The van der Waals surface area contributed by atoms with Gasteiger partial charge in [-0.1, -0.05) is 18.2 Å². The fraction of sp³-hybridized carbons (Fsp3) is 0.591. The van der Waals surface area contributed by atoms with Gasteiger partial charge in [-0.15, -0.1) is 0 Å². The summed E-state index contributed by atoms with van der Waals surface area (Å²) >= 11 is 0. The number of anilines is 1. The van der Waals surface area contributed by atoms with E-state index in [4.69, 9.17) is 0 Å². The van der Waals surface area contributed by atoms with E-state index >= 15 is 0 Å². The van der Waals surface area contributed by atoms with Crippen LogP contribution >= 0.6 is 0 Å². The fourth-order valence-corrected chi connectivity index (χ4v) is 5.14. The third-order valence-electron chi connectivity index (χ3n) is 6.80. The van der Waals surface area contributed by atoms with Gasteiger partial charge in [-0.25, -0.2) is 4.90 Å². The molecule has 3 aliphatic rings. The topological polar surface area (TPSA) is 60.9 Å². The van der Waals surface area contributed by atoms with E-state index in [2.05, 4.69) is 4.90 Å². The van der Waals surface area contributed by atoms with E-state index in [1.165, 1.54) is 4.90 Å². The molecule has 0 unspecified atom stereocenters. The Bertz CT molecular complexity index is 735. The maximum Gasteiger partial charge on any atom is 0.251 e. The summed E-state index contributed by atoms with van der Waals surface area (Å²) in [6.45, 7) is 5.16. The molecule has 0 radical (unpaired) electrons. The molecule has 0 spiro atoms. The summed E-state index contributed by atoms with van der Waals surface area (Å²) in [4.78, 5) is 42.4. The summed E-state index contributed by atoms with van der Waals surface area (Å²) in [7, 11) is 0. The summed E-state index contributed by atoms with van der Waals surface area (Å²) in [6, 6.07) is 8.92. The Morgan fingerprint density at radius 3 is 2.04 bits per heavy atom. The Morgan fingerprint density at radius 2 is 1.46 bits per heavy atom. The lowest BCUT2D eigenvalue weighted by molar-refractivity contribution is -0.130. The van der Waals surface area contributed by atoms with Crippen LogP contribution in [0.2, 0.25) is 0 Å². The summed E-state index contributed by atoms with van der Waals surface area (Å²) < 4.78 is 0. The number of nitrogens with zero attached hydrogens (tertiary/aromatic N) is 3. The van der Waals surface area contributed by atoms with Crippen LogP contribution in [0.5, 0.6) is 0 Å². The molecule has 28 heavy (non-hydrogen) atoms. The van der Waals surface area contributed by atoms with Crippen molar-refractivity contribution >= 4 is 23.4 Å². The Labute approximate surface area is 166 Å². The van der Waals surface area contributed by atoms with Crippen molar-refractivity contribution in [3.8, 4) is 0 Å². The summed E-state index contributed by atoms with van der Waals surface area (Å²) in [5.41, 5.74) is 0.673. The number of likely N-dealkylation sites (tertiary alicyclic amines) is 2. The van der Waals surface area contributed by atoms with Crippen molar-refractivity contribution in [2.75, 3.05) is 31.1 Å². The quantitative estimate of drug-likeness (QED) is 0.752. The Kier molecular flexibility index (Phi) is 5.49. The van der Waals surface area contributed by atoms with Gasteiger partial charge >= 0.3 is 0 Å². The van der Waals surface area contributed by atoms with E-state index in [0.29, 0.717) is 17.5 Å². The van der Waals surface area contributed by atoms with Gasteiger partial charge in [0, 0.05) is 20.0 Å². The maximum atomic E-state index is 12.9. The minimum atomic E-state index is -0.312. The second-order valence-corrected chi connectivity index (χ2v) is 8.34. The maximum absolute atomic E-state index is 12.9. The van der Waals surface area contributed by atoms with Crippen LogP contribution in [0.3, 0.4) is 0 Å². The number of rotatable bonds is 3. The van der Waals surface area contributed by atoms with E-state index in [0.717, 1.165) is 51.9 Å². The number of benzene rings is 1. The van der Waals surface area contributed by atoms with Gasteiger partial charge < -0.3 is 4.90 Å². The van der Waals surface area contributed by atoms with E-state index in [9.17, 15) is 14.4 Å². The third-order valence-corrected chi connectivity index (χ3v) is 6.80. The third kappa shape index (κ3) is 3.70. The monoisotopic (exact) mass is 383 g/mol. The molecule has 6 heteroatoms. The van der Waals surface area contributed by atoms with Crippen LogP contribution in [0, 0.1) is 11.8 Å². The van der Waals surface area contributed by atoms with Crippen LogP contribution in [-0.2, 0) is 14.4 Å². The highest BCUT2D eigenvalue weighted by Gasteiger charge is 2.44. The smallest absolute Gasteiger partial charge is 0.251 e. The van der Waals surface area contributed by atoms with Crippen LogP contribution in [0.1, 0.15) is 39.0 Å². The van der Waals surface area contributed by atoms with E-state index in [1.54, 1.807) is 6.92 Å². The fourth-order valence-electron chi connectivity index (χ4n) is 5.14. The average Bonchev–Trinajstić information content (AvgIpc) is 3.03. The number of imide groups is 1. The highest BCUT2D eigenvalue weighted by Crippen LogP contribution is 2.34. The van der Waals surface area contributed by atoms with Gasteiger partial charge in [-0.2, -0.15) is 0 Å². The molecule has 3 saturated heterocycles. The van der Waals surface area contributed by atoms with Crippen molar-refractivity contribution in [1.82, 2.24) is 9.80 Å². The molecule has 150 valence electrons. The molecular weight excluding hydrogens is 354 g/mol. The van der Waals surface area contributed by atoms with Crippen molar-refractivity contribution in [3.63, 3.8) is 0 Å². The summed E-state index contributed by atoms with van der Waals surface area (Å²) in [5, 5.41) is 0. The van der Waals surface area contributed by atoms with Gasteiger partial charge in [0.25, 0.3) is 5.91 Å². The lowest BCUT2D eigenvalue weighted by Crippen LogP contribution is -2.47. The molecule has 0 aliphatic carbocycles. The van der Waals surface area contributed by atoms with Crippen LogP contribution in [0.4, 0.5) is 5.69 Å². The molecular formula is C22H29N3O3. The van der Waals surface area contributed by atoms with Crippen LogP contribution in [0.15, 0.2) is 30.3 Å². The number of para-hydroxylation sites is 1. The second kappa shape index (κ2) is 8.03. The number of piperidine rings is 2. The highest BCUT2D eigenvalue weighted by atomic mass is 16.2. The molecule has 0 bridgehead atoms. The minimum absolute atomic E-state index is 0.0792. The number of hydrogen-bond acceptors (Lipinski definition) is 4. The SMILES string of the molecule is CC(=O)N1CCC(C2CCN([C@H]3CC(=O)N(c4ccccc4)C3=O)CC2)CC1. The van der Waals surface area contributed by atoms with Gasteiger partial charge in [-0.3, -0.25) is 19.3 Å². The molecule has 3 amide bonds. The molecule has 3 heterocycles. The number of amides is 3. The summed E-state index contributed by atoms with van der Waals surface area (Å²) in [5.74, 6) is 1.35. The van der Waals surface area contributed by atoms with E-state index in [1.807, 2.05) is 35.2 Å². The molecule has 1 aromatic carbocycles. The predicted octanol–water partition coefficient (Wildman–Crippen LogP) is 2.29. The number of carbonyl (C=O) groups is 3. The second-order valence-electron chi connectivity index (χ2n) is 8.34. The van der Waals surface area contributed by atoms with Crippen molar-refractivity contribution in [3.05, 3.63) is 30.3 Å². The largest absolute Gasteiger partial charge is 0.343 e.